The number of aromatic nitrogens is 3. The van der Waals surface area contributed by atoms with Crippen molar-refractivity contribution in [3.05, 3.63) is 29.3 Å². The van der Waals surface area contributed by atoms with Gasteiger partial charge in [-0.1, -0.05) is 54.8 Å². The molecule has 0 bridgehead atoms. The second kappa shape index (κ2) is 8.41. The fraction of sp³-hybridized carbons (Fsp3) is 0.474. The topological polar surface area (TPSA) is 101 Å². The zero-order valence-corrected chi connectivity index (χ0v) is 17.5. The summed E-state index contributed by atoms with van der Waals surface area (Å²) in [5.74, 6) is 6.52. The minimum absolute atomic E-state index is 0.110. The Morgan fingerprint density at radius 2 is 2.11 bits per heavy atom. The van der Waals surface area contributed by atoms with E-state index in [1.807, 2.05) is 12.1 Å². The smallest absolute Gasteiger partial charge is 0.236 e. The van der Waals surface area contributed by atoms with E-state index in [9.17, 15) is 10.1 Å². The average molecular weight is 419 g/mol. The Kier molecular flexibility index (Phi) is 6.16. The van der Waals surface area contributed by atoms with E-state index in [2.05, 4.69) is 16.3 Å². The largest absolute Gasteiger partial charge is 0.335 e. The number of hydrogen-bond acceptors (Lipinski definition) is 6. The molecule has 28 heavy (non-hydrogen) atoms. The zero-order valence-electron chi connectivity index (χ0n) is 15.9. The molecule has 0 spiro atoms. The number of hydrogen-bond donors (Lipinski definition) is 1. The molecule has 0 saturated heterocycles. The molecule has 1 aliphatic rings. The van der Waals surface area contributed by atoms with Gasteiger partial charge in [-0.3, -0.25) is 4.79 Å². The Labute approximate surface area is 173 Å². The Morgan fingerprint density at radius 3 is 2.75 bits per heavy atom. The van der Waals surface area contributed by atoms with Gasteiger partial charge in [0.1, 0.15) is 5.54 Å². The summed E-state index contributed by atoms with van der Waals surface area (Å²) in [5.41, 5.74) is 0.0306. The second-order valence-electron chi connectivity index (χ2n) is 7.05. The van der Waals surface area contributed by atoms with Crippen LogP contribution in [-0.2, 0) is 4.79 Å². The molecule has 1 aliphatic carbocycles. The highest BCUT2D eigenvalue weighted by molar-refractivity contribution is 8.00. The van der Waals surface area contributed by atoms with Gasteiger partial charge < -0.3 is 10.7 Å². The summed E-state index contributed by atoms with van der Waals surface area (Å²) in [4.78, 5) is 14.6. The quantitative estimate of drug-likeness (QED) is 0.589. The molecule has 148 valence electrons. The summed E-state index contributed by atoms with van der Waals surface area (Å²) in [6, 6.07) is 9.56. The van der Waals surface area contributed by atoms with E-state index in [1.54, 1.807) is 31.0 Å². The number of nitrogens with two attached hydrogens (primary N) is 1. The lowest BCUT2D eigenvalue weighted by molar-refractivity contribution is -0.133. The van der Waals surface area contributed by atoms with Gasteiger partial charge in [0.2, 0.25) is 11.1 Å². The molecular formula is C19H23ClN6OS. The third-order valence-electron chi connectivity index (χ3n) is 5.24. The van der Waals surface area contributed by atoms with Gasteiger partial charge in [-0.15, -0.1) is 10.2 Å². The van der Waals surface area contributed by atoms with E-state index in [4.69, 9.17) is 17.4 Å². The fourth-order valence-corrected chi connectivity index (χ4v) is 4.59. The van der Waals surface area contributed by atoms with Gasteiger partial charge in [-0.25, -0.2) is 4.68 Å². The van der Waals surface area contributed by atoms with Crippen LogP contribution in [0.2, 0.25) is 5.02 Å². The van der Waals surface area contributed by atoms with E-state index in [0.717, 1.165) is 37.7 Å². The van der Waals surface area contributed by atoms with E-state index in [0.29, 0.717) is 16.0 Å². The summed E-state index contributed by atoms with van der Waals surface area (Å²) >= 11 is 7.27. The van der Waals surface area contributed by atoms with Gasteiger partial charge in [-0.2, -0.15) is 5.26 Å². The molecule has 1 saturated carbocycles. The van der Waals surface area contributed by atoms with Crippen LogP contribution in [0.15, 0.2) is 29.4 Å². The van der Waals surface area contributed by atoms with E-state index >= 15 is 0 Å². The highest BCUT2D eigenvalue weighted by Crippen LogP contribution is 2.34. The standard InChI is InChI=1S/C19H23ClN6OS/c1-13(17(27)25(2)19(12-21)9-4-3-5-10-19)28-18-24-23-16(26(18)22)14-7-6-8-15(20)11-14/h6-8,11,13H,3-5,9-10,22H2,1-2H3/t13-/m0/s1. The normalized spacial score (nSPS) is 16.9. The van der Waals surface area contributed by atoms with Crippen LogP contribution < -0.4 is 5.84 Å². The number of nitrogens with zero attached hydrogens (tertiary/aromatic N) is 5. The van der Waals surface area contributed by atoms with Crippen LogP contribution >= 0.6 is 23.4 Å². The minimum atomic E-state index is -0.716. The molecule has 3 rings (SSSR count). The van der Waals surface area contributed by atoms with Gasteiger partial charge in [0.15, 0.2) is 5.82 Å². The number of benzene rings is 1. The first-order valence-electron chi connectivity index (χ1n) is 9.20. The second-order valence-corrected chi connectivity index (χ2v) is 8.79. The molecule has 1 aromatic heterocycles. The molecule has 0 aliphatic heterocycles. The first-order valence-corrected chi connectivity index (χ1v) is 10.5. The number of carbonyl (C=O) groups excluding carboxylic acids is 1. The van der Waals surface area contributed by atoms with E-state index in [-0.39, 0.29) is 5.91 Å². The van der Waals surface area contributed by atoms with Crippen molar-refractivity contribution in [1.82, 2.24) is 19.8 Å². The Hall–Kier alpha value is -2.24. The van der Waals surface area contributed by atoms with Crippen molar-refractivity contribution in [1.29, 1.82) is 5.26 Å². The number of amides is 1. The van der Waals surface area contributed by atoms with Crippen molar-refractivity contribution >= 4 is 29.3 Å². The molecule has 1 heterocycles. The van der Waals surface area contributed by atoms with Gasteiger partial charge in [0.25, 0.3) is 0 Å². The van der Waals surface area contributed by atoms with Crippen molar-refractivity contribution in [3.8, 4) is 17.5 Å². The maximum Gasteiger partial charge on any atom is 0.236 e. The van der Waals surface area contributed by atoms with Crippen molar-refractivity contribution < 1.29 is 4.79 Å². The molecule has 2 aromatic rings. The average Bonchev–Trinajstić information content (AvgIpc) is 3.07. The highest BCUT2D eigenvalue weighted by atomic mass is 35.5. The summed E-state index contributed by atoms with van der Waals surface area (Å²) in [6.07, 6.45) is 4.47. The molecule has 1 fully saturated rings. The lowest BCUT2D eigenvalue weighted by Gasteiger charge is -2.40. The number of thioether (sulfide) groups is 1. The molecule has 2 N–H and O–H groups in total. The van der Waals surface area contributed by atoms with Gasteiger partial charge in [0.05, 0.1) is 11.3 Å². The maximum absolute atomic E-state index is 13.0. The molecule has 0 radical (unpaired) electrons. The number of rotatable bonds is 5. The van der Waals surface area contributed by atoms with Crippen LogP contribution in [0.4, 0.5) is 0 Å². The molecule has 0 unspecified atom stereocenters. The molecule has 7 nitrogen and oxygen atoms in total. The van der Waals surface area contributed by atoms with Gasteiger partial charge >= 0.3 is 0 Å². The summed E-state index contributed by atoms with van der Waals surface area (Å²) < 4.78 is 1.36. The molecule has 1 amide bonds. The maximum atomic E-state index is 13.0. The van der Waals surface area contributed by atoms with Crippen molar-refractivity contribution in [3.63, 3.8) is 0 Å². The number of nitriles is 1. The summed E-state index contributed by atoms with van der Waals surface area (Å²) in [7, 11) is 1.72. The van der Waals surface area contributed by atoms with Gasteiger partial charge in [0, 0.05) is 17.6 Å². The van der Waals surface area contributed by atoms with Crippen molar-refractivity contribution in [2.24, 2.45) is 0 Å². The van der Waals surface area contributed by atoms with Gasteiger partial charge in [-0.05, 0) is 31.9 Å². The fourth-order valence-electron chi connectivity index (χ4n) is 3.53. The van der Waals surface area contributed by atoms with Crippen LogP contribution in [0.5, 0.6) is 0 Å². The third-order valence-corrected chi connectivity index (χ3v) is 6.52. The minimum Gasteiger partial charge on any atom is -0.335 e. The summed E-state index contributed by atoms with van der Waals surface area (Å²) in [6.45, 7) is 1.80. The molecule has 9 heteroatoms. The predicted molar refractivity (Wildman–Crippen MR) is 110 cm³/mol. The zero-order chi connectivity index (χ0) is 20.3. The Balaban J connectivity index is 1.75. The van der Waals surface area contributed by atoms with Crippen LogP contribution in [0.3, 0.4) is 0 Å². The Morgan fingerprint density at radius 1 is 1.39 bits per heavy atom. The van der Waals surface area contributed by atoms with Crippen LogP contribution in [-0.4, -0.2) is 43.5 Å². The number of carbonyl (C=O) groups is 1. The van der Waals surface area contributed by atoms with Crippen molar-refractivity contribution in [2.75, 3.05) is 12.9 Å². The van der Waals surface area contributed by atoms with Crippen LogP contribution in [0, 0.1) is 11.3 Å². The lowest BCUT2D eigenvalue weighted by Crippen LogP contribution is -2.52. The molecule has 1 aromatic carbocycles. The van der Waals surface area contributed by atoms with Crippen molar-refractivity contribution in [2.45, 2.75) is 55.0 Å². The SMILES string of the molecule is C[C@H](Sc1nnc(-c2cccc(Cl)c2)n1N)C(=O)N(C)C1(C#N)CCCCC1. The van der Waals surface area contributed by atoms with E-state index < -0.39 is 10.8 Å². The third kappa shape index (κ3) is 3.96. The first-order chi connectivity index (χ1) is 13.4. The highest BCUT2D eigenvalue weighted by Gasteiger charge is 2.40. The van der Waals surface area contributed by atoms with Crippen LogP contribution in [0.1, 0.15) is 39.0 Å². The monoisotopic (exact) mass is 418 g/mol. The molecular weight excluding hydrogens is 396 g/mol. The first kappa shape index (κ1) is 20.5. The number of nitrogen functional groups attached to an aromatic ring is 1. The lowest BCUT2D eigenvalue weighted by atomic mass is 9.81. The number of halogens is 1. The Bertz CT molecular complexity index is 902. The summed E-state index contributed by atoms with van der Waals surface area (Å²) in [5, 5.41) is 18.5. The van der Waals surface area contributed by atoms with Crippen LogP contribution in [0.25, 0.3) is 11.4 Å². The predicted octanol–water partition coefficient (Wildman–Crippen LogP) is 3.48. The molecule has 1 atom stereocenters. The van der Waals surface area contributed by atoms with E-state index in [1.165, 1.54) is 16.4 Å².